The van der Waals surface area contributed by atoms with Gasteiger partial charge in [0.2, 0.25) is 0 Å². The molecule has 0 bridgehead atoms. The first-order valence-electron chi connectivity index (χ1n) is 5.15. The van der Waals surface area contributed by atoms with Crippen LogP contribution in [0.25, 0.3) is 0 Å². The van der Waals surface area contributed by atoms with Crippen LogP contribution in [0.4, 0.5) is 0 Å². The minimum Gasteiger partial charge on any atom is -0.144 e. The van der Waals surface area contributed by atoms with Crippen LogP contribution in [0.5, 0.6) is 0 Å². The van der Waals surface area contributed by atoms with E-state index in [4.69, 9.17) is 11.6 Å². The zero-order valence-corrected chi connectivity index (χ0v) is 14.2. The van der Waals surface area contributed by atoms with E-state index in [1.54, 1.807) is 0 Å². The Morgan fingerprint density at radius 1 is 1.24 bits per heavy atom. The minimum absolute atomic E-state index is 0.216. The molecule has 1 unspecified atom stereocenters. The van der Waals surface area contributed by atoms with Gasteiger partial charge < -0.3 is 0 Å². The van der Waals surface area contributed by atoms with Gasteiger partial charge in [-0.3, -0.25) is 0 Å². The summed E-state index contributed by atoms with van der Waals surface area (Å²) in [4.78, 5) is 2.91. The summed E-state index contributed by atoms with van der Waals surface area (Å²) in [6, 6.07) is 8.13. The molecule has 0 nitrogen and oxygen atoms in total. The van der Waals surface area contributed by atoms with Crippen LogP contribution < -0.4 is 0 Å². The number of rotatable bonds is 2. The first kappa shape index (κ1) is 13.6. The van der Waals surface area contributed by atoms with Crippen LogP contribution in [0, 0.1) is 13.8 Å². The van der Waals surface area contributed by atoms with Crippen LogP contribution in [-0.4, -0.2) is 0 Å². The topological polar surface area (TPSA) is 0 Å². The van der Waals surface area contributed by atoms with Gasteiger partial charge in [0.15, 0.2) is 0 Å². The molecule has 1 aromatic carbocycles. The van der Waals surface area contributed by atoms with Crippen LogP contribution >= 0.6 is 54.8 Å². The van der Waals surface area contributed by atoms with E-state index in [-0.39, 0.29) is 4.83 Å². The van der Waals surface area contributed by atoms with Gasteiger partial charge in [0.1, 0.15) is 0 Å². The maximum absolute atomic E-state index is 5.96. The molecule has 0 aliphatic rings. The lowest BCUT2D eigenvalue weighted by Crippen LogP contribution is -1.93. The third-order valence-electron chi connectivity index (χ3n) is 2.55. The van der Waals surface area contributed by atoms with E-state index in [1.807, 2.05) is 23.5 Å². The Balaban J connectivity index is 2.43. The second-order valence-corrected chi connectivity index (χ2v) is 7.43. The Morgan fingerprint density at radius 3 is 2.47 bits per heavy atom. The van der Waals surface area contributed by atoms with Gasteiger partial charge in [-0.2, -0.15) is 0 Å². The summed E-state index contributed by atoms with van der Waals surface area (Å²) in [7, 11) is 0. The summed E-state index contributed by atoms with van der Waals surface area (Å²) in [6.07, 6.45) is 0. The van der Waals surface area contributed by atoms with Crippen molar-refractivity contribution in [3.05, 3.63) is 54.6 Å². The smallest absolute Gasteiger partial charge is 0.0751 e. The van der Waals surface area contributed by atoms with Gasteiger partial charge in [0.05, 0.1) is 4.83 Å². The molecule has 0 radical (unpaired) electrons. The molecule has 0 N–H and O–H groups in total. The second kappa shape index (κ2) is 5.43. The SMILES string of the molecule is Cc1cc(C)c(C(Br)c2ccc(Cl)cc2Br)s1. The molecule has 1 aromatic heterocycles. The third-order valence-corrected chi connectivity index (χ3v) is 5.94. The summed E-state index contributed by atoms with van der Waals surface area (Å²) in [6.45, 7) is 4.29. The molecular weight excluding hydrogens is 383 g/mol. The van der Waals surface area contributed by atoms with Crippen LogP contribution in [0.3, 0.4) is 0 Å². The monoisotopic (exact) mass is 392 g/mol. The van der Waals surface area contributed by atoms with Crippen LogP contribution in [0.15, 0.2) is 28.7 Å². The van der Waals surface area contributed by atoms with Crippen molar-refractivity contribution in [3.8, 4) is 0 Å². The van der Waals surface area contributed by atoms with Crippen molar-refractivity contribution in [2.24, 2.45) is 0 Å². The van der Waals surface area contributed by atoms with Crippen molar-refractivity contribution in [2.75, 3.05) is 0 Å². The highest BCUT2D eigenvalue weighted by Crippen LogP contribution is 2.41. The summed E-state index contributed by atoms with van der Waals surface area (Å²) in [5.41, 5.74) is 2.54. The first-order valence-corrected chi connectivity index (χ1v) is 8.05. The molecule has 90 valence electrons. The number of hydrogen-bond acceptors (Lipinski definition) is 1. The van der Waals surface area contributed by atoms with E-state index < -0.39 is 0 Å². The molecule has 0 spiro atoms. The number of hydrogen-bond donors (Lipinski definition) is 0. The highest BCUT2D eigenvalue weighted by atomic mass is 79.9. The lowest BCUT2D eigenvalue weighted by atomic mass is 10.1. The predicted molar refractivity (Wildman–Crippen MR) is 83.7 cm³/mol. The minimum atomic E-state index is 0.216. The van der Waals surface area contributed by atoms with Gasteiger partial charge >= 0.3 is 0 Å². The zero-order chi connectivity index (χ0) is 12.6. The van der Waals surface area contributed by atoms with Crippen molar-refractivity contribution in [1.29, 1.82) is 0 Å². The summed E-state index contributed by atoms with van der Waals surface area (Å²) in [5.74, 6) is 0. The van der Waals surface area contributed by atoms with E-state index in [1.165, 1.54) is 20.9 Å². The predicted octanol–water partition coefficient (Wildman–Crippen LogP) is 6.27. The Kier molecular flexibility index (Phi) is 4.35. The lowest BCUT2D eigenvalue weighted by Gasteiger charge is -2.12. The van der Waals surface area contributed by atoms with Gasteiger partial charge in [0.25, 0.3) is 0 Å². The highest BCUT2D eigenvalue weighted by molar-refractivity contribution is 9.11. The molecule has 0 aliphatic carbocycles. The molecule has 1 heterocycles. The average Bonchev–Trinajstić information content (AvgIpc) is 2.57. The molecule has 2 aromatic rings. The molecule has 2 rings (SSSR count). The number of benzene rings is 1. The molecule has 4 heteroatoms. The van der Waals surface area contributed by atoms with Crippen molar-refractivity contribution < 1.29 is 0 Å². The highest BCUT2D eigenvalue weighted by Gasteiger charge is 2.17. The number of aryl methyl sites for hydroxylation is 2. The Labute approximate surface area is 127 Å². The maximum atomic E-state index is 5.96. The molecular formula is C13H11Br2ClS. The van der Waals surface area contributed by atoms with Gasteiger partial charge in [-0.25, -0.2) is 0 Å². The Morgan fingerprint density at radius 2 is 1.94 bits per heavy atom. The second-order valence-electron chi connectivity index (χ2n) is 3.93. The number of thiophene rings is 1. The van der Waals surface area contributed by atoms with E-state index in [9.17, 15) is 0 Å². The molecule has 0 saturated heterocycles. The molecule has 0 aliphatic heterocycles. The normalized spacial score (nSPS) is 12.8. The number of alkyl halides is 1. The third kappa shape index (κ3) is 2.95. The quantitative estimate of drug-likeness (QED) is 0.527. The van der Waals surface area contributed by atoms with E-state index in [0.717, 1.165) is 9.50 Å². The van der Waals surface area contributed by atoms with Crippen molar-refractivity contribution >= 4 is 54.8 Å². The van der Waals surface area contributed by atoms with E-state index >= 15 is 0 Å². The molecule has 1 atom stereocenters. The molecule has 0 fully saturated rings. The van der Waals surface area contributed by atoms with Crippen LogP contribution in [-0.2, 0) is 0 Å². The van der Waals surface area contributed by atoms with Gasteiger partial charge in [-0.15, -0.1) is 11.3 Å². The zero-order valence-electron chi connectivity index (χ0n) is 9.43. The fraction of sp³-hybridized carbons (Fsp3) is 0.231. The summed E-state index contributed by atoms with van der Waals surface area (Å²) >= 11 is 15.1. The first-order chi connectivity index (χ1) is 7.99. The number of halogens is 3. The van der Waals surface area contributed by atoms with Crippen molar-refractivity contribution in [2.45, 2.75) is 18.7 Å². The molecule has 0 saturated carbocycles. The summed E-state index contributed by atoms with van der Waals surface area (Å²) in [5, 5.41) is 0.749. The van der Waals surface area contributed by atoms with Gasteiger partial charge in [-0.05, 0) is 43.2 Å². The van der Waals surface area contributed by atoms with Gasteiger partial charge in [-0.1, -0.05) is 49.5 Å². The lowest BCUT2D eigenvalue weighted by molar-refractivity contribution is 1.18. The van der Waals surface area contributed by atoms with Crippen LogP contribution in [0.1, 0.15) is 25.7 Å². The fourth-order valence-electron chi connectivity index (χ4n) is 1.76. The molecule has 0 amide bonds. The van der Waals surface area contributed by atoms with Crippen molar-refractivity contribution in [3.63, 3.8) is 0 Å². The average molecular weight is 395 g/mol. The maximum Gasteiger partial charge on any atom is 0.0751 e. The standard InChI is InChI=1S/C13H11Br2ClS/c1-7-5-8(2)17-13(7)12(15)10-4-3-9(16)6-11(10)14/h3-6,12H,1-2H3. The van der Waals surface area contributed by atoms with Crippen LogP contribution in [0.2, 0.25) is 5.02 Å². The summed E-state index contributed by atoms with van der Waals surface area (Å²) < 4.78 is 1.04. The fourth-order valence-corrected chi connectivity index (χ4v) is 5.05. The van der Waals surface area contributed by atoms with E-state index in [0.29, 0.717) is 0 Å². The molecule has 17 heavy (non-hydrogen) atoms. The van der Waals surface area contributed by atoms with Gasteiger partial charge in [0, 0.05) is 19.2 Å². The van der Waals surface area contributed by atoms with Crippen molar-refractivity contribution in [1.82, 2.24) is 0 Å². The largest absolute Gasteiger partial charge is 0.144 e. The Hall–Kier alpha value is 0.170. The van der Waals surface area contributed by atoms with E-state index in [2.05, 4.69) is 57.8 Å². The Bertz CT molecular complexity index is 548.